The van der Waals surface area contributed by atoms with Crippen molar-refractivity contribution < 1.29 is 14.3 Å². The van der Waals surface area contributed by atoms with E-state index in [1.807, 2.05) is 30.3 Å². The molecule has 122 valence electrons. The normalized spacial score (nSPS) is 10.9. The second-order valence-corrected chi connectivity index (χ2v) is 6.86. The Bertz CT molecular complexity index is 472. The molecular weight excluding hydrogens is 300 g/mol. The average molecular weight is 324 g/mol. The Morgan fingerprint density at radius 2 is 1.77 bits per heavy atom. The van der Waals surface area contributed by atoms with Crippen LogP contribution in [0.3, 0.4) is 0 Å². The third-order valence-corrected chi connectivity index (χ3v) is 3.47. The Hall–Kier alpha value is -1.69. The van der Waals surface area contributed by atoms with Crippen molar-refractivity contribution in [2.75, 3.05) is 18.8 Å². The Labute approximate surface area is 136 Å². The Morgan fingerprint density at radius 1 is 1.09 bits per heavy atom. The summed E-state index contributed by atoms with van der Waals surface area (Å²) in [5, 5.41) is 5.38. The lowest BCUT2D eigenvalue weighted by Gasteiger charge is -2.19. The van der Waals surface area contributed by atoms with Crippen molar-refractivity contribution in [2.45, 2.75) is 37.7 Å². The molecule has 0 aliphatic heterocycles. The zero-order valence-electron chi connectivity index (χ0n) is 13.3. The minimum Gasteiger partial charge on any atom is -0.444 e. The topological polar surface area (TPSA) is 67.4 Å². The van der Waals surface area contributed by atoms with E-state index < -0.39 is 11.7 Å². The van der Waals surface area contributed by atoms with Gasteiger partial charge in [0.25, 0.3) is 0 Å². The van der Waals surface area contributed by atoms with Crippen molar-refractivity contribution in [3.8, 4) is 0 Å². The van der Waals surface area contributed by atoms with Gasteiger partial charge in [0.1, 0.15) is 5.60 Å². The highest BCUT2D eigenvalue weighted by molar-refractivity contribution is 7.99. The standard InChI is InChI=1S/C16H24N2O3S/c1-16(2,3)21-15(20)18-10-9-14(19)17-11-12-22-13-7-5-4-6-8-13/h4-8H,9-12H2,1-3H3,(H,17,19)(H,18,20). The van der Waals surface area contributed by atoms with E-state index in [0.29, 0.717) is 6.54 Å². The highest BCUT2D eigenvalue weighted by atomic mass is 32.2. The summed E-state index contributed by atoms with van der Waals surface area (Å²) in [7, 11) is 0. The molecule has 0 aromatic heterocycles. The minimum atomic E-state index is -0.527. The summed E-state index contributed by atoms with van der Waals surface area (Å²) in [6, 6.07) is 10.0. The van der Waals surface area contributed by atoms with Crippen molar-refractivity contribution >= 4 is 23.8 Å². The van der Waals surface area contributed by atoms with Gasteiger partial charge in [-0.2, -0.15) is 0 Å². The molecule has 1 aromatic rings. The summed E-state index contributed by atoms with van der Waals surface area (Å²) in [5.41, 5.74) is -0.527. The average Bonchev–Trinajstić information content (AvgIpc) is 2.43. The second kappa shape index (κ2) is 9.35. The van der Waals surface area contributed by atoms with Crippen LogP contribution in [0.4, 0.5) is 4.79 Å². The first-order chi connectivity index (χ1) is 10.4. The van der Waals surface area contributed by atoms with Crippen LogP contribution in [-0.2, 0) is 9.53 Å². The molecule has 0 fully saturated rings. The molecule has 0 aliphatic carbocycles. The third kappa shape index (κ3) is 9.28. The van der Waals surface area contributed by atoms with Crippen LogP contribution in [0.25, 0.3) is 0 Å². The number of alkyl carbamates (subject to hydrolysis) is 1. The molecule has 0 saturated heterocycles. The molecule has 0 saturated carbocycles. The van der Waals surface area contributed by atoms with Gasteiger partial charge in [0, 0.05) is 30.2 Å². The first kappa shape index (κ1) is 18.4. The SMILES string of the molecule is CC(C)(C)OC(=O)NCCC(=O)NCCSc1ccccc1. The van der Waals surface area contributed by atoms with Crippen molar-refractivity contribution in [3.63, 3.8) is 0 Å². The summed E-state index contributed by atoms with van der Waals surface area (Å²) in [6.45, 7) is 6.26. The quantitative estimate of drug-likeness (QED) is 0.598. The molecule has 1 rings (SSSR count). The van der Waals surface area contributed by atoms with E-state index in [1.165, 1.54) is 4.90 Å². The predicted octanol–water partition coefficient (Wildman–Crippen LogP) is 2.81. The van der Waals surface area contributed by atoms with Crippen molar-refractivity contribution in [3.05, 3.63) is 30.3 Å². The number of carbonyl (C=O) groups excluding carboxylic acids is 2. The van der Waals surface area contributed by atoms with Gasteiger partial charge in [-0.1, -0.05) is 18.2 Å². The molecule has 6 heteroatoms. The summed E-state index contributed by atoms with van der Waals surface area (Å²) in [4.78, 5) is 24.2. The molecule has 0 atom stereocenters. The van der Waals surface area contributed by atoms with Crippen LogP contribution in [0.2, 0.25) is 0 Å². The molecule has 0 heterocycles. The third-order valence-electron chi connectivity index (χ3n) is 2.46. The number of rotatable bonds is 7. The molecule has 0 aliphatic rings. The molecule has 0 spiro atoms. The molecule has 0 radical (unpaired) electrons. The van der Waals surface area contributed by atoms with Crippen LogP contribution in [-0.4, -0.2) is 36.4 Å². The first-order valence-electron chi connectivity index (χ1n) is 7.28. The van der Waals surface area contributed by atoms with Crippen LogP contribution >= 0.6 is 11.8 Å². The van der Waals surface area contributed by atoms with Crippen LogP contribution in [0, 0.1) is 0 Å². The predicted molar refractivity (Wildman–Crippen MR) is 89.0 cm³/mol. The number of hydrogen-bond acceptors (Lipinski definition) is 4. The van der Waals surface area contributed by atoms with Crippen LogP contribution in [0.5, 0.6) is 0 Å². The number of hydrogen-bond donors (Lipinski definition) is 2. The molecular formula is C16H24N2O3S. The molecule has 22 heavy (non-hydrogen) atoms. The van der Waals surface area contributed by atoms with Gasteiger partial charge in [0.05, 0.1) is 0 Å². The maximum absolute atomic E-state index is 11.6. The smallest absolute Gasteiger partial charge is 0.407 e. The molecule has 2 N–H and O–H groups in total. The summed E-state index contributed by atoms with van der Waals surface area (Å²) >= 11 is 1.69. The maximum atomic E-state index is 11.6. The lowest BCUT2D eigenvalue weighted by Crippen LogP contribution is -2.35. The summed E-state index contributed by atoms with van der Waals surface area (Å²) in [6.07, 6.45) is -0.255. The van der Waals surface area contributed by atoms with E-state index in [-0.39, 0.29) is 18.9 Å². The van der Waals surface area contributed by atoms with Gasteiger partial charge in [-0.05, 0) is 32.9 Å². The van der Waals surface area contributed by atoms with E-state index in [1.54, 1.807) is 32.5 Å². The Morgan fingerprint density at radius 3 is 2.41 bits per heavy atom. The summed E-state index contributed by atoms with van der Waals surface area (Å²) < 4.78 is 5.08. The van der Waals surface area contributed by atoms with Crippen molar-refractivity contribution in [1.29, 1.82) is 0 Å². The van der Waals surface area contributed by atoms with Gasteiger partial charge >= 0.3 is 6.09 Å². The molecule has 5 nitrogen and oxygen atoms in total. The van der Waals surface area contributed by atoms with Crippen LogP contribution < -0.4 is 10.6 Å². The molecule has 1 aromatic carbocycles. The number of carbonyl (C=O) groups is 2. The van der Waals surface area contributed by atoms with Gasteiger partial charge in [-0.3, -0.25) is 4.79 Å². The van der Waals surface area contributed by atoms with Gasteiger partial charge < -0.3 is 15.4 Å². The highest BCUT2D eigenvalue weighted by Crippen LogP contribution is 2.15. The number of amides is 2. The van der Waals surface area contributed by atoms with E-state index in [0.717, 1.165) is 5.75 Å². The Kier molecular flexibility index (Phi) is 7.80. The number of nitrogens with one attached hydrogen (secondary N) is 2. The maximum Gasteiger partial charge on any atom is 0.407 e. The van der Waals surface area contributed by atoms with Crippen LogP contribution in [0.15, 0.2) is 35.2 Å². The summed E-state index contributed by atoms with van der Waals surface area (Å²) in [5.74, 6) is 0.736. The van der Waals surface area contributed by atoms with E-state index in [2.05, 4.69) is 10.6 Å². The highest BCUT2D eigenvalue weighted by Gasteiger charge is 2.15. The van der Waals surface area contributed by atoms with E-state index in [9.17, 15) is 9.59 Å². The molecule has 0 unspecified atom stereocenters. The first-order valence-corrected chi connectivity index (χ1v) is 8.27. The minimum absolute atomic E-state index is 0.0790. The number of ether oxygens (including phenoxy) is 1. The zero-order valence-corrected chi connectivity index (χ0v) is 14.2. The Balaban J connectivity index is 2.05. The van der Waals surface area contributed by atoms with Gasteiger partial charge in [-0.15, -0.1) is 11.8 Å². The monoisotopic (exact) mass is 324 g/mol. The fraction of sp³-hybridized carbons (Fsp3) is 0.500. The molecule has 0 bridgehead atoms. The van der Waals surface area contributed by atoms with Crippen molar-refractivity contribution in [1.82, 2.24) is 10.6 Å². The van der Waals surface area contributed by atoms with E-state index in [4.69, 9.17) is 4.74 Å². The largest absolute Gasteiger partial charge is 0.444 e. The fourth-order valence-electron chi connectivity index (χ4n) is 1.56. The molecule has 2 amide bonds. The van der Waals surface area contributed by atoms with E-state index >= 15 is 0 Å². The number of benzene rings is 1. The van der Waals surface area contributed by atoms with Gasteiger partial charge in [-0.25, -0.2) is 4.79 Å². The van der Waals surface area contributed by atoms with Crippen LogP contribution in [0.1, 0.15) is 27.2 Å². The lowest BCUT2D eigenvalue weighted by atomic mass is 10.2. The lowest BCUT2D eigenvalue weighted by molar-refractivity contribution is -0.120. The number of thioether (sulfide) groups is 1. The second-order valence-electron chi connectivity index (χ2n) is 5.69. The zero-order chi connectivity index (χ0) is 16.4. The van der Waals surface area contributed by atoms with Gasteiger partial charge in [0.2, 0.25) is 5.91 Å². The van der Waals surface area contributed by atoms with Gasteiger partial charge in [0.15, 0.2) is 0 Å². The fourth-order valence-corrected chi connectivity index (χ4v) is 2.35. The van der Waals surface area contributed by atoms with Crippen molar-refractivity contribution in [2.24, 2.45) is 0 Å².